The molecule has 4 N–H and O–H groups in total. The number of hydroxylamine groups is 1. The Balaban J connectivity index is -0.000000158. The topological polar surface area (TPSA) is 168 Å². The lowest BCUT2D eigenvalue weighted by molar-refractivity contribution is -0.111. The molecule has 4 rings (SSSR count). The van der Waals surface area contributed by atoms with Crippen LogP contribution in [0.25, 0.3) is 0 Å². The Kier molecular flexibility index (Phi) is 63.0. The minimum Gasteiger partial charge on any atom is -0.438 e. The zero-order valence-electron chi connectivity index (χ0n) is 75.3. The number of carbonyl (C=O) groups excluding carboxylic acids is 1. The quantitative estimate of drug-likeness (QED) is 0.113. The van der Waals surface area contributed by atoms with E-state index >= 15 is 0 Å². The highest BCUT2D eigenvalue weighted by atomic mass is 32.2. The molecule has 622 valence electrons. The Labute approximate surface area is 636 Å². The second kappa shape index (κ2) is 55.4. The lowest BCUT2D eigenvalue weighted by Gasteiger charge is -2.39. The van der Waals surface area contributed by atoms with Crippen molar-refractivity contribution in [2.75, 3.05) is 99.7 Å². The third-order valence-corrected chi connectivity index (χ3v) is 15.4. The normalized spacial score (nSPS) is 17.3. The van der Waals surface area contributed by atoms with Crippen molar-refractivity contribution in [3.63, 3.8) is 0 Å². The Hall–Kier alpha value is -1.95. The lowest BCUT2D eigenvalue weighted by Crippen LogP contribution is -2.52. The van der Waals surface area contributed by atoms with E-state index in [1.54, 1.807) is 48.7 Å². The Morgan fingerprint density at radius 2 is 1.06 bits per heavy atom. The molecule has 0 aromatic heterocycles. The summed E-state index contributed by atoms with van der Waals surface area (Å²) in [6.45, 7) is 103. The van der Waals surface area contributed by atoms with Crippen LogP contribution < -0.4 is 11.2 Å². The van der Waals surface area contributed by atoms with Gasteiger partial charge in [-0.05, 0) is 195 Å². The van der Waals surface area contributed by atoms with Gasteiger partial charge in [-0.15, -0.1) is 0 Å². The predicted molar refractivity (Wildman–Crippen MR) is 435 cm³/mol. The molecule has 1 unspecified atom stereocenters. The van der Waals surface area contributed by atoms with E-state index in [0.717, 1.165) is 83.2 Å². The molecule has 0 saturated carbocycles. The molecule has 0 amide bonds. The van der Waals surface area contributed by atoms with Crippen molar-refractivity contribution in [1.82, 2.24) is 20.2 Å². The van der Waals surface area contributed by atoms with Crippen molar-refractivity contribution in [3.8, 4) is 0 Å². The molecule has 102 heavy (non-hydrogen) atoms. The molecule has 3 atom stereocenters. The van der Waals surface area contributed by atoms with Gasteiger partial charge in [-0.25, -0.2) is 9.18 Å². The van der Waals surface area contributed by atoms with Crippen LogP contribution in [0.3, 0.4) is 0 Å². The van der Waals surface area contributed by atoms with Gasteiger partial charge in [0.15, 0.2) is 6.36 Å². The number of halogens is 3. The standard InChI is InChI=1S/C10H20N2.C8H17NO.C8H16O2.C7H16O2.C7H16.C6H12F2S.C6H13FO.C6H13NO.C6H13N.C6H12O3.C6H14O.C6H14/c1-9(2)12-7-6-11-5-3-4-10(11)8-12;1-8(2,3)9-4-6-10-7-5-9;1-8(2,3)10-7-4-5-9-6-7;1-7(2,3)9-6-5-8-4;1-6(2)7(3,4)5;1-5(2,3)9-6(4,7)8;1-5(7)8-6(2,3)4;1-5(7-8)6(2,3)4;1-5(7)6(2,3)4;1-6(2,3)9-5(7)8-4;1-5-7-6(2,3)4;1-5-6(2,3)4/h9-10H,3-8H2,1-2H3;4-7H2,1-3H3;7H,4-6H2,1-3H3;5-6H2,1-4H3;6H,1-5H3;1-4H3;5H,1-4H3;7-8H,1H2,2-4H3;1,7H2,2-4H3;1-4H3;5H2,1-4H3;5H2,1-4H3/t10-;;7-;;;;;;;;;/m1.0........./s1. The molecular formula is C82H176F3N5O11S. The maximum absolute atomic E-state index is 12.2. The van der Waals surface area contributed by atoms with Crippen LogP contribution in [0.2, 0.25) is 0 Å². The molecule has 4 aliphatic rings. The largest absolute Gasteiger partial charge is 0.508 e. The Morgan fingerprint density at radius 3 is 1.25 bits per heavy atom. The average Bonchev–Trinajstić information content (AvgIpc) is 1.68. The SMILES string of the molecule is C=C(N)C(C)(C)C.C=C(NO)C(C)(C)C.CC(C)(C)N1CCOCC1.CC(C)(C)O[C@H]1CCOC1.CC(C)(C)SC(C)(F)F.CC(C)C(C)(C)C.CC(C)N1CCN2CCC[C@@H]2C1.CC(F)OC(C)(C)C.CCC(C)(C)C.CCOC(C)(C)C.COC(=O)OC(C)(C)C.COCCOC(C)(C)C. The third kappa shape index (κ3) is 96.1. The highest BCUT2D eigenvalue weighted by Gasteiger charge is 2.32. The number of nitrogens with one attached hydrogen (secondary N) is 1. The van der Waals surface area contributed by atoms with Crippen molar-refractivity contribution in [1.29, 1.82) is 0 Å². The second-order valence-electron chi connectivity index (χ2n) is 37.9. The van der Waals surface area contributed by atoms with Gasteiger partial charge in [-0.2, -0.15) is 8.78 Å². The number of methoxy groups -OCH3 is 2. The molecule has 4 saturated heterocycles. The van der Waals surface area contributed by atoms with E-state index in [-0.39, 0.29) is 38.0 Å². The molecule has 0 bridgehead atoms. The fourth-order valence-electron chi connectivity index (χ4n) is 7.17. The summed E-state index contributed by atoms with van der Waals surface area (Å²) in [5, 5.41) is 5.72. The van der Waals surface area contributed by atoms with Crippen LogP contribution in [0, 0.1) is 27.6 Å². The molecule has 0 spiro atoms. The summed E-state index contributed by atoms with van der Waals surface area (Å²) in [4.78, 5) is 18.1. The Morgan fingerprint density at radius 1 is 0.618 bits per heavy atom. The van der Waals surface area contributed by atoms with Crippen LogP contribution in [0.5, 0.6) is 0 Å². The maximum Gasteiger partial charge on any atom is 0.508 e. The fourth-order valence-corrected chi connectivity index (χ4v) is 8.25. The molecule has 20 heteroatoms. The van der Waals surface area contributed by atoms with Crippen LogP contribution in [0.15, 0.2) is 24.6 Å². The van der Waals surface area contributed by atoms with Gasteiger partial charge in [0.2, 0.25) is 0 Å². The van der Waals surface area contributed by atoms with E-state index in [9.17, 15) is 18.0 Å². The molecular weight excluding hydrogens is 1320 g/mol. The number of fused-ring (bicyclic) bond motifs is 1. The maximum atomic E-state index is 12.2. The number of thioether (sulfide) groups is 1. The number of hydrogen-bond acceptors (Lipinski definition) is 17. The monoisotopic (exact) mass is 1500 g/mol. The smallest absolute Gasteiger partial charge is 0.438 e. The van der Waals surface area contributed by atoms with Crippen LogP contribution in [-0.2, 0) is 42.6 Å². The van der Waals surface area contributed by atoms with Gasteiger partial charge in [0.25, 0.3) is 5.25 Å². The van der Waals surface area contributed by atoms with E-state index < -0.39 is 23.4 Å². The predicted octanol–water partition coefficient (Wildman–Crippen LogP) is 22.1. The first-order valence-electron chi connectivity index (χ1n) is 37.6. The van der Waals surface area contributed by atoms with Gasteiger partial charge < -0.3 is 48.4 Å². The summed E-state index contributed by atoms with van der Waals surface area (Å²) < 4.78 is 81.2. The molecule has 0 aromatic carbocycles. The number of piperazine rings is 1. The Bertz CT molecular complexity index is 1980. The summed E-state index contributed by atoms with van der Waals surface area (Å²) in [6.07, 6.45) is 3.72. The van der Waals surface area contributed by atoms with Gasteiger partial charge in [-0.3, -0.25) is 25.4 Å². The van der Waals surface area contributed by atoms with Crippen molar-refractivity contribution >= 4 is 17.9 Å². The number of morpholine rings is 1. The summed E-state index contributed by atoms with van der Waals surface area (Å²) in [6, 6.07) is 1.63. The molecule has 0 radical (unpaired) electrons. The van der Waals surface area contributed by atoms with Crippen molar-refractivity contribution in [3.05, 3.63) is 24.6 Å². The number of alkyl halides is 3. The number of rotatable bonds is 9. The number of nitrogens with two attached hydrogens (primary N) is 1. The van der Waals surface area contributed by atoms with E-state index in [2.05, 4.69) is 171 Å². The van der Waals surface area contributed by atoms with Crippen LogP contribution in [-0.4, -0.2) is 194 Å². The van der Waals surface area contributed by atoms with Crippen molar-refractivity contribution in [2.24, 2.45) is 33.3 Å². The number of carbonyl (C=O) groups is 1. The minimum atomic E-state index is -2.60. The zero-order valence-corrected chi connectivity index (χ0v) is 76.1. The number of ether oxygens (including phenoxy) is 9. The van der Waals surface area contributed by atoms with Crippen molar-refractivity contribution in [2.45, 2.75) is 378 Å². The second-order valence-corrected chi connectivity index (χ2v) is 40.1. The molecule has 0 aliphatic carbocycles. The molecule has 16 nitrogen and oxygen atoms in total. The highest BCUT2D eigenvalue weighted by molar-refractivity contribution is 8.01. The van der Waals surface area contributed by atoms with Crippen LogP contribution in [0.1, 0.15) is 310 Å². The van der Waals surface area contributed by atoms with Gasteiger partial charge >= 0.3 is 6.16 Å². The van der Waals surface area contributed by atoms with E-state index in [1.165, 1.54) is 59.5 Å². The first-order chi connectivity index (χ1) is 45.1. The number of hydrogen-bond donors (Lipinski definition) is 3. The zero-order chi connectivity index (χ0) is 83.1. The van der Waals surface area contributed by atoms with Gasteiger partial charge in [-0.1, -0.05) is 156 Å². The minimum absolute atomic E-state index is 0.0155. The molecule has 4 fully saturated rings. The summed E-state index contributed by atoms with van der Waals surface area (Å²) in [7, 11) is 2.96. The van der Waals surface area contributed by atoms with Crippen LogP contribution in [0.4, 0.5) is 18.0 Å². The highest BCUT2D eigenvalue weighted by Crippen LogP contribution is 2.38. The third-order valence-electron chi connectivity index (χ3n) is 14.5. The van der Waals surface area contributed by atoms with Gasteiger partial charge in [0, 0.05) is 105 Å². The first kappa shape index (κ1) is 116. The van der Waals surface area contributed by atoms with Crippen LogP contribution >= 0.6 is 11.8 Å². The van der Waals surface area contributed by atoms with Gasteiger partial charge in [0.05, 0.1) is 68.7 Å². The average molecular weight is 1500 g/mol. The fraction of sp³-hybridized carbons (Fsp3) is 0.939. The summed E-state index contributed by atoms with van der Waals surface area (Å²) >= 11 is 0.681. The van der Waals surface area contributed by atoms with E-state index in [4.69, 9.17) is 48.8 Å². The first-order valence-corrected chi connectivity index (χ1v) is 38.4. The van der Waals surface area contributed by atoms with E-state index in [0.29, 0.717) is 53.1 Å². The summed E-state index contributed by atoms with van der Waals surface area (Å²) in [5.74, 6) is 0.799. The number of allylic oxidation sites excluding steroid dienone is 2. The van der Waals surface area contributed by atoms with E-state index in [1.807, 2.05) is 95.5 Å². The summed E-state index contributed by atoms with van der Waals surface area (Å²) in [5.41, 5.74) is 9.37. The molecule has 0 aromatic rings. The van der Waals surface area contributed by atoms with Gasteiger partial charge in [0.1, 0.15) is 5.60 Å². The molecule has 4 aliphatic heterocycles. The lowest BCUT2D eigenvalue weighted by atomic mass is 9.84. The number of nitrogens with zero attached hydrogens (tertiary/aromatic N) is 3. The van der Waals surface area contributed by atoms with Crippen molar-refractivity contribution < 1.29 is 65.8 Å². The molecule has 4 heterocycles.